The second kappa shape index (κ2) is 7.73. The predicted molar refractivity (Wildman–Crippen MR) is 118 cm³/mol. The first-order chi connectivity index (χ1) is 14.0. The average molecular weight is 424 g/mol. The van der Waals surface area contributed by atoms with Crippen molar-refractivity contribution in [2.24, 2.45) is 7.05 Å². The van der Waals surface area contributed by atoms with E-state index in [0.29, 0.717) is 16.2 Å². The molecule has 0 atom stereocenters. The van der Waals surface area contributed by atoms with E-state index in [1.807, 2.05) is 42.1 Å². The van der Waals surface area contributed by atoms with E-state index in [9.17, 15) is 9.59 Å². The molecule has 0 saturated carbocycles. The standard InChI is InChI=1S/C21H17N3O3S2/c1-23-12-14(16-5-3-4-6-17(16)23)11-18-20(26)24(21(28)29-18)22-19(25)13-7-9-15(27-2)10-8-13/h3-12H,1-2H3,(H,22,25). The number of hydrazine groups is 1. The number of aryl methyl sites for hydroxylation is 1. The third kappa shape index (κ3) is 3.64. The Hall–Kier alpha value is -3.10. The molecule has 1 fully saturated rings. The van der Waals surface area contributed by atoms with Crippen LogP contribution in [0.2, 0.25) is 0 Å². The van der Waals surface area contributed by atoms with Crippen molar-refractivity contribution in [3.63, 3.8) is 0 Å². The molecule has 0 spiro atoms. The molecule has 2 heterocycles. The first-order valence-corrected chi connectivity index (χ1v) is 9.97. The van der Waals surface area contributed by atoms with Crippen LogP contribution in [0.1, 0.15) is 15.9 Å². The topological polar surface area (TPSA) is 63.6 Å². The summed E-state index contributed by atoms with van der Waals surface area (Å²) in [5, 5.41) is 2.16. The van der Waals surface area contributed by atoms with Gasteiger partial charge in [0.05, 0.1) is 12.0 Å². The van der Waals surface area contributed by atoms with Crippen LogP contribution in [-0.2, 0) is 11.8 Å². The smallest absolute Gasteiger partial charge is 0.285 e. The number of aromatic nitrogens is 1. The van der Waals surface area contributed by atoms with Gasteiger partial charge in [-0.05, 0) is 48.6 Å². The van der Waals surface area contributed by atoms with Gasteiger partial charge in [0.2, 0.25) is 0 Å². The summed E-state index contributed by atoms with van der Waals surface area (Å²) in [6.45, 7) is 0. The van der Waals surface area contributed by atoms with Crippen LogP contribution in [0, 0.1) is 0 Å². The van der Waals surface area contributed by atoms with Crippen molar-refractivity contribution in [2.45, 2.75) is 0 Å². The highest BCUT2D eigenvalue weighted by molar-refractivity contribution is 8.26. The number of carbonyl (C=O) groups is 2. The minimum Gasteiger partial charge on any atom is -0.497 e. The number of amides is 2. The number of fused-ring (bicyclic) bond motifs is 1. The van der Waals surface area contributed by atoms with E-state index in [0.717, 1.165) is 33.2 Å². The molecule has 6 nitrogen and oxygen atoms in total. The number of para-hydroxylation sites is 1. The molecule has 2 amide bonds. The van der Waals surface area contributed by atoms with Gasteiger partial charge < -0.3 is 9.30 Å². The number of rotatable bonds is 4. The maximum atomic E-state index is 12.8. The van der Waals surface area contributed by atoms with Gasteiger partial charge in [-0.1, -0.05) is 30.0 Å². The predicted octanol–water partition coefficient (Wildman–Crippen LogP) is 3.73. The summed E-state index contributed by atoms with van der Waals surface area (Å²) in [7, 11) is 3.51. The lowest BCUT2D eigenvalue weighted by Gasteiger charge is -2.15. The van der Waals surface area contributed by atoms with Gasteiger partial charge in [0.15, 0.2) is 4.32 Å². The largest absolute Gasteiger partial charge is 0.497 e. The number of thioether (sulfide) groups is 1. The number of ether oxygens (including phenoxy) is 1. The molecular weight excluding hydrogens is 406 g/mol. The summed E-state index contributed by atoms with van der Waals surface area (Å²) in [4.78, 5) is 25.8. The summed E-state index contributed by atoms with van der Waals surface area (Å²) < 4.78 is 7.38. The molecule has 2 aromatic carbocycles. The second-order valence-electron chi connectivity index (χ2n) is 6.40. The Labute approximate surface area is 177 Å². The van der Waals surface area contributed by atoms with Gasteiger partial charge in [-0.3, -0.25) is 15.0 Å². The lowest BCUT2D eigenvalue weighted by atomic mass is 10.1. The number of benzene rings is 2. The highest BCUT2D eigenvalue weighted by atomic mass is 32.2. The Morgan fingerprint density at radius 1 is 1.17 bits per heavy atom. The van der Waals surface area contributed by atoms with E-state index in [4.69, 9.17) is 17.0 Å². The minimum absolute atomic E-state index is 0.281. The lowest BCUT2D eigenvalue weighted by molar-refractivity contribution is -0.123. The van der Waals surface area contributed by atoms with Crippen molar-refractivity contribution < 1.29 is 14.3 Å². The quantitative estimate of drug-likeness (QED) is 0.512. The zero-order chi connectivity index (χ0) is 20.5. The maximum Gasteiger partial charge on any atom is 0.285 e. The van der Waals surface area contributed by atoms with Crippen molar-refractivity contribution in [3.05, 3.63) is 70.8 Å². The van der Waals surface area contributed by atoms with E-state index >= 15 is 0 Å². The monoisotopic (exact) mass is 423 g/mol. The first kappa shape index (κ1) is 19.2. The van der Waals surface area contributed by atoms with Crippen molar-refractivity contribution in [3.8, 4) is 5.75 Å². The fraction of sp³-hybridized carbons (Fsp3) is 0.0952. The highest BCUT2D eigenvalue weighted by Crippen LogP contribution is 2.33. The zero-order valence-corrected chi connectivity index (χ0v) is 17.3. The van der Waals surface area contributed by atoms with E-state index in [1.165, 1.54) is 0 Å². The van der Waals surface area contributed by atoms with Gasteiger partial charge in [0, 0.05) is 35.3 Å². The van der Waals surface area contributed by atoms with Crippen molar-refractivity contribution >= 4 is 57.1 Å². The van der Waals surface area contributed by atoms with Gasteiger partial charge in [-0.25, -0.2) is 0 Å². The number of hydrogen-bond acceptors (Lipinski definition) is 5. The Morgan fingerprint density at radius 3 is 2.62 bits per heavy atom. The van der Waals surface area contributed by atoms with E-state index in [1.54, 1.807) is 37.5 Å². The zero-order valence-electron chi connectivity index (χ0n) is 15.7. The molecule has 29 heavy (non-hydrogen) atoms. The van der Waals surface area contributed by atoms with Crippen molar-refractivity contribution in [1.82, 2.24) is 15.0 Å². The number of carbonyl (C=O) groups excluding carboxylic acids is 2. The first-order valence-electron chi connectivity index (χ1n) is 8.75. The van der Waals surface area contributed by atoms with Crippen LogP contribution >= 0.6 is 24.0 Å². The fourth-order valence-electron chi connectivity index (χ4n) is 3.10. The number of thiocarbonyl (C=S) groups is 1. The van der Waals surface area contributed by atoms with E-state index < -0.39 is 5.91 Å². The molecule has 1 aromatic heterocycles. The molecule has 1 N–H and O–H groups in total. The number of nitrogens with one attached hydrogen (secondary N) is 1. The van der Waals surface area contributed by atoms with Gasteiger partial charge in [0.25, 0.3) is 11.8 Å². The Kier molecular flexibility index (Phi) is 5.12. The molecule has 146 valence electrons. The fourth-order valence-corrected chi connectivity index (χ4v) is 4.27. The molecule has 8 heteroatoms. The van der Waals surface area contributed by atoms with Crippen molar-refractivity contribution in [2.75, 3.05) is 7.11 Å². The van der Waals surface area contributed by atoms with Crippen LogP contribution in [-0.4, -0.2) is 32.8 Å². The van der Waals surface area contributed by atoms with E-state index in [2.05, 4.69) is 5.43 Å². The summed E-state index contributed by atoms with van der Waals surface area (Å²) in [6.07, 6.45) is 3.77. The molecule has 1 aliphatic heterocycles. The Balaban J connectivity index is 1.56. The summed E-state index contributed by atoms with van der Waals surface area (Å²) in [6, 6.07) is 14.6. The second-order valence-corrected chi connectivity index (χ2v) is 8.07. The number of hydrogen-bond donors (Lipinski definition) is 1. The molecule has 1 aliphatic rings. The third-order valence-electron chi connectivity index (χ3n) is 4.57. The van der Waals surface area contributed by atoms with Gasteiger partial charge in [-0.2, -0.15) is 5.01 Å². The van der Waals surface area contributed by atoms with Gasteiger partial charge in [0.1, 0.15) is 5.75 Å². The molecular formula is C21H17N3O3S2. The van der Waals surface area contributed by atoms with Crippen LogP contribution in [0.5, 0.6) is 5.75 Å². The van der Waals surface area contributed by atoms with Crippen LogP contribution in [0.4, 0.5) is 0 Å². The van der Waals surface area contributed by atoms with Crippen LogP contribution < -0.4 is 10.2 Å². The Bertz CT molecular complexity index is 1170. The molecule has 3 aromatic rings. The molecule has 4 rings (SSSR count). The van der Waals surface area contributed by atoms with Crippen LogP contribution in [0.3, 0.4) is 0 Å². The summed E-state index contributed by atoms with van der Waals surface area (Å²) in [5.74, 6) is -0.129. The summed E-state index contributed by atoms with van der Waals surface area (Å²) in [5.41, 5.74) is 4.98. The molecule has 0 radical (unpaired) electrons. The molecule has 0 bridgehead atoms. The SMILES string of the molecule is COc1ccc(C(=O)NN2C(=O)C(=Cc3cn(C)c4ccccc34)SC2=S)cc1. The van der Waals surface area contributed by atoms with Gasteiger partial charge >= 0.3 is 0 Å². The van der Waals surface area contributed by atoms with Crippen LogP contribution in [0.25, 0.3) is 17.0 Å². The third-order valence-corrected chi connectivity index (χ3v) is 5.88. The summed E-state index contributed by atoms with van der Waals surface area (Å²) >= 11 is 6.47. The number of nitrogens with zero attached hydrogens (tertiary/aromatic N) is 2. The normalized spacial score (nSPS) is 15.4. The van der Waals surface area contributed by atoms with Crippen LogP contribution in [0.15, 0.2) is 59.6 Å². The maximum absolute atomic E-state index is 12.8. The van der Waals surface area contributed by atoms with Crippen molar-refractivity contribution in [1.29, 1.82) is 0 Å². The lowest BCUT2D eigenvalue weighted by Crippen LogP contribution is -2.44. The van der Waals surface area contributed by atoms with E-state index in [-0.39, 0.29) is 10.2 Å². The molecule has 0 unspecified atom stereocenters. The average Bonchev–Trinajstić information content (AvgIpc) is 3.19. The molecule has 0 aliphatic carbocycles. The highest BCUT2D eigenvalue weighted by Gasteiger charge is 2.34. The van der Waals surface area contributed by atoms with Gasteiger partial charge in [-0.15, -0.1) is 0 Å². The number of methoxy groups -OCH3 is 1. The Morgan fingerprint density at radius 2 is 1.90 bits per heavy atom. The minimum atomic E-state index is -0.421. The molecule has 1 saturated heterocycles.